The number of carbonyl (C=O) groups is 3. The molecule has 2 fully saturated rings. The molecule has 1 atom stereocenters. The van der Waals surface area contributed by atoms with Gasteiger partial charge in [-0.15, -0.1) is 0 Å². The molecule has 8 heteroatoms. The monoisotopic (exact) mass is 358 g/mol. The maximum absolute atomic E-state index is 12.9. The molecule has 0 unspecified atom stereocenters. The molecule has 0 bridgehead atoms. The first-order chi connectivity index (χ1) is 12.5. The van der Waals surface area contributed by atoms with E-state index in [0.717, 1.165) is 37.3 Å². The normalized spacial score (nSPS) is 21.3. The average molecular weight is 358 g/mol. The minimum atomic E-state index is -1.17. The number of amides is 4. The number of imide groups is 2. The Morgan fingerprint density at radius 2 is 1.81 bits per heavy atom. The fourth-order valence-electron chi connectivity index (χ4n) is 3.13. The Balaban J connectivity index is 1.79. The number of ether oxygens (including phenoxy) is 1. The van der Waals surface area contributed by atoms with E-state index < -0.39 is 23.8 Å². The Morgan fingerprint density at radius 3 is 2.42 bits per heavy atom. The summed E-state index contributed by atoms with van der Waals surface area (Å²) in [7, 11) is 1.53. The third kappa shape index (κ3) is 3.55. The first-order valence-electron chi connectivity index (χ1n) is 8.54. The number of piperidine rings is 1. The van der Waals surface area contributed by atoms with Gasteiger partial charge in [-0.1, -0.05) is 13.0 Å². The molecule has 26 heavy (non-hydrogen) atoms. The molecule has 138 valence electrons. The number of carbonyl (C=O) groups excluding carboxylic acids is 3. The van der Waals surface area contributed by atoms with Crippen molar-refractivity contribution in [2.24, 2.45) is 5.92 Å². The summed E-state index contributed by atoms with van der Waals surface area (Å²) in [5, 5.41) is 4.18. The molecule has 3 rings (SSSR count). The van der Waals surface area contributed by atoms with Crippen LogP contribution in [0.5, 0.6) is 5.75 Å². The highest BCUT2D eigenvalue weighted by Crippen LogP contribution is 2.25. The van der Waals surface area contributed by atoms with E-state index in [1.54, 1.807) is 24.3 Å². The van der Waals surface area contributed by atoms with Crippen LogP contribution < -0.4 is 20.4 Å². The minimum Gasteiger partial charge on any atom is -0.497 e. The molecule has 0 saturated carbocycles. The third-order valence-electron chi connectivity index (χ3n) is 4.50. The maximum Gasteiger partial charge on any atom is 0.335 e. The molecule has 2 aliphatic rings. The first kappa shape index (κ1) is 17.9. The van der Waals surface area contributed by atoms with Crippen molar-refractivity contribution in [2.45, 2.75) is 19.3 Å². The van der Waals surface area contributed by atoms with Crippen LogP contribution in [0.25, 0.3) is 0 Å². The third-order valence-corrected chi connectivity index (χ3v) is 4.50. The summed E-state index contributed by atoms with van der Waals surface area (Å²) in [6.45, 7) is 5.51. The van der Waals surface area contributed by atoms with Gasteiger partial charge in [0.15, 0.2) is 5.92 Å². The topological polar surface area (TPSA) is 91.0 Å². The summed E-state index contributed by atoms with van der Waals surface area (Å²) in [5.41, 5.74) is 3.68. The number of methoxy groups -OCH3 is 1. The number of anilines is 1. The minimum absolute atomic E-state index is 0.264. The highest BCUT2D eigenvalue weighted by molar-refractivity contribution is 6.28. The molecule has 0 aliphatic carbocycles. The van der Waals surface area contributed by atoms with Gasteiger partial charge in [-0.25, -0.2) is 14.7 Å². The van der Waals surface area contributed by atoms with Crippen molar-refractivity contribution < 1.29 is 19.1 Å². The SMILES string of the molecule is C=C(NN1CCCCC1)[C@@H]1C(=O)NC(=O)N(c2ccc(OC)cc2)C1=O. The van der Waals surface area contributed by atoms with Crippen LogP contribution >= 0.6 is 0 Å². The Kier molecular flexibility index (Phi) is 5.22. The molecule has 0 radical (unpaired) electrons. The standard InChI is InChI=1S/C18H22N4O4/c1-12(20-21-10-4-3-5-11-21)15-16(23)19-18(25)22(17(15)24)13-6-8-14(26-2)9-7-13/h6-9,15,20H,1,3-5,10-11H2,2H3,(H,19,23,25)/t15-/m1/s1. The van der Waals surface area contributed by atoms with E-state index in [4.69, 9.17) is 4.74 Å². The van der Waals surface area contributed by atoms with Crippen molar-refractivity contribution in [2.75, 3.05) is 25.1 Å². The smallest absolute Gasteiger partial charge is 0.335 e. The van der Waals surface area contributed by atoms with Crippen molar-refractivity contribution >= 4 is 23.5 Å². The summed E-state index contributed by atoms with van der Waals surface area (Å²) < 4.78 is 5.08. The summed E-state index contributed by atoms with van der Waals surface area (Å²) in [6, 6.07) is 5.69. The number of rotatable bonds is 5. The van der Waals surface area contributed by atoms with Crippen LogP contribution in [0.3, 0.4) is 0 Å². The lowest BCUT2D eigenvalue weighted by Crippen LogP contribution is -2.60. The predicted molar refractivity (Wildman–Crippen MR) is 95.2 cm³/mol. The average Bonchev–Trinajstić information content (AvgIpc) is 2.62. The number of benzene rings is 1. The quantitative estimate of drug-likeness (QED) is 0.773. The zero-order chi connectivity index (χ0) is 18.7. The van der Waals surface area contributed by atoms with Crippen LogP contribution in [0.2, 0.25) is 0 Å². The fraction of sp³-hybridized carbons (Fsp3) is 0.389. The van der Waals surface area contributed by atoms with Gasteiger partial charge in [0.2, 0.25) is 5.91 Å². The lowest BCUT2D eigenvalue weighted by molar-refractivity contribution is -0.133. The highest BCUT2D eigenvalue weighted by atomic mass is 16.5. The number of hydrogen-bond donors (Lipinski definition) is 2. The van der Waals surface area contributed by atoms with Crippen molar-refractivity contribution in [3.05, 3.63) is 36.5 Å². The molecule has 2 aliphatic heterocycles. The van der Waals surface area contributed by atoms with Gasteiger partial charge in [0, 0.05) is 18.8 Å². The number of hydrogen-bond acceptors (Lipinski definition) is 6. The second-order valence-electron chi connectivity index (χ2n) is 6.28. The van der Waals surface area contributed by atoms with E-state index in [1.807, 2.05) is 5.01 Å². The number of hydrazine groups is 1. The van der Waals surface area contributed by atoms with E-state index in [9.17, 15) is 14.4 Å². The lowest BCUT2D eigenvalue weighted by Gasteiger charge is -2.34. The summed E-state index contributed by atoms with van der Waals surface area (Å²) in [5.74, 6) is -1.86. The fourth-order valence-corrected chi connectivity index (χ4v) is 3.13. The van der Waals surface area contributed by atoms with Crippen LogP contribution in [-0.2, 0) is 9.59 Å². The Labute approximate surface area is 151 Å². The molecule has 2 N–H and O–H groups in total. The van der Waals surface area contributed by atoms with Crippen LogP contribution in [0.4, 0.5) is 10.5 Å². The van der Waals surface area contributed by atoms with Crippen LogP contribution in [-0.4, -0.2) is 43.1 Å². The van der Waals surface area contributed by atoms with Gasteiger partial charge >= 0.3 is 6.03 Å². The van der Waals surface area contributed by atoms with E-state index in [1.165, 1.54) is 7.11 Å². The number of barbiturate groups is 1. The Hall–Kier alpha value is -2.87. The summed E-state index contributed by atoms with van der Waals surface area (Å²) in [4.78, 5) is 38.3. The zero-order valence-electron chi connectivity index (χ0n) is 14.7. The second-order valence-corrected chi connectivity index (χ2v) is 6.28. The van der Waals surface area contributed by atoms with Gasteiger partial charge < -0.3 is 10.2 Å². The second kappa shape index (κ2) is 7.57. The van der Waals surface area contributed by atoms with Crippen molar-refractivity contribution in [1.82, 2.24) is 15.8 Å². The van der Waals surface area contributed by atoms with Crippen LogP contribution in [0.1, 0.15) is 19.3 Å². The Morgan fingerprint density at radius 1 is 1.15 bits per heavy atom. The summed E-state index contributed by atoms with van der Waals surface area (Å²) in [6.07, 6.45) is 3.25. The largest absolute Gasteiger partial charge is 0.497 e. The van der Waals surface area contributed by atoms with Gasteiger partial charge in [-0.2, -0.15) is 0 Å². The number of urea groups is 1. The predicted octanol–water partition coefficient (Wildman–Crippen LogP) is 1.40. The van der Waals surface area contributed by atoms with Gasteiger partial charge in [0.1, 0.15) is 5.75 Å². The maximum atomic E-state index is 12.9. The van der Waals surface area contributed by atoms with Gasteiger partial charge in [-0.05, 0) is 37.1 Å². The van der Waals surface area contributed by atoms with E-state index in [2.05, 4.69) is 17.3 Å². The van der Waals surface area contributed by atoms with Crippen molar-refractivity contribution in [1.29, 1.82) is 0 Å². The molecular formula is C18H22N4O4. The van der Waals surface area contributed by atoms with Gasteiger partial charge in [0.25, 0.3) is 5.91 Å². The molecule has 8 nitrogen and oxygen atoms in total. The zero-order valence-corrected chi connectivity index (χ0v) is 14.7. The van der Waals surface area contributed by atoms with Gasteiger partial charge in [-0.3, -0.25) is 14.9 Å². The highest BCUT2D eigenvalue weighted by Gasteiger charge is 2.43. The van der Waals surface area contributed by atoms with E-state index in [-0.39, 0.29) is 5.70 Å². The molecular weight excluding hydrogens is 336 g/mol. The molecule has 1 aromatic carbocycles. The first-order valence-corrected chi connectivity index (χ1v) is 8.54. The lowest BCUT2D eigenvalue weighted by atomic mass is 10.0. The molecule has 2 heterocycles. The van der Waals surface area contributed by atoms with Crippen molar-refractivity contribution in [3.8, 4) is 5.75 Å². The molecule has 2 saturated heterocycles. The van der Waals surface area contributed by atoms with Crippen LogP contribution in [0.15, 0.2) is 36.5 Å². The van der Waals surface area contributed by atoms with E-state index >= 15 is 0 Å². The van der Waals surface area contributed by atoms with Gasteiger partial charge in [0.05, 0.1) is 12.8 Å². The van der Waals surface area contributed by atoms with Crippen molar-refractivity contribution in [3.63, 3.8) is 0 Å². The summed E-state index contributed by atoms with van der Waals surface area (Å²) >= 11 is 0. The molecule has 1 aromatic rings. The van der Waals surface area contributed by atoms with E-state index in [0.29, 0.717) is 11.4 Å². The molecule has 0 spiro atoms. The van der Waals surface area contributed by atoms with Crippen LogP contribution in [0, 0.1) is 5.92 Å². The molecule has 0 aromatic heterocycles. The molecule has 4 amide bonds. The Bertz CT molecular complexity index is 725. The number of nitrogens with one attached hydrogen (secondary N) is 2. The number of nitrogens with zero attached hydrogens (tertiary/aromatic N) is 2.